The van der Waals surface area contributed by atoms with Crippen LogP contribution in [0.1, 0.15) is 23.8 Å². The van der Waals surface area contributed by atoms with Gasteiger partial charge in [-0.1, -0.05) is 46.7 Å². The fourth-order valence-electron chi connectivity index (χ4n) is 3.73. The maximum absolute atomic E-state index is 14.2. The standard InChI is InChI=1S/C19H15Cl2F3N2O2S/c20-11-6-10(7-12(21)8-11)18(19(22,23)24)4-5-26(9-18)17-25-14-3-1-2-13(16(27)28)15(14)29-17/h1-3,6-8,16,27-28H,4-5,9H2. The number of rotatable bonds is 3. The van der Waals surface area contributed by atoms with E-state index in [1.54, 1.807) is 23.1 Å². The van der Waals surface area contributed by atoms with Crippen LogP contribution in [-0.2, 0) is 5.41 Å². The first-order valence-corrected chi connectivity index (χ1v) is 10.2. The molecule has 29 heavy (non-hydrogen) atoms. The molecule has 1 atom stereocenters. The van der Waals surface area contributed by atoms with Crippen molar-refractivity contribution < 1.29 is 23.4 Å². The van der Waals surface area contributed by atoms with Crippen LogP contribution in [0.25, 0.3) is 10.2 Å². The highest BCUT2D eigenvalue weighted by molar-refractivity contribution is 7.22. The van der Waals surface area contributed by atoms with Crippen molar-refractivity contribution in [3.8, 4) is 0 Å². The van der Waals surface area contributed by atoms with Crippen molar-refractivity contribution in [3.63, 3.8) is 0 Å². The number of nitrogens with zero attached hydrogens (tertiary/aromatic N) is 2. The molecule has 0 spiro atoms. The second-order valence-corrected chi connectivity index (χ2v) is 8.83. The third-order valence-corrected chi connectivity index (χ3v) is 6.83. The summed E-state index contributed by atoms with van der Waals surface area (Å²) in [6, 6.07) is 8.88. The van der Waals surface area contributed by atoms with Crippen LogP contribution in [0.5, 0.6) is 0 Å². The molecule has 1 aliphatic rings. The second kappa shape index (κ2) is 7.28. The lowest BCUT2D eigenvalue weighted by Crippen LogP contribution is -2.44. The van der Waals surface area contributed by atoms with Crippen LogP contribution >= 0.6 is 34.5 Å². The molecular formula is C19H15Cl2F3N2O2S. The Balaban J connectivity index is 1.76. The monoisotopic (exact) mass is 462 g/mol. The average Bonchev–Trinajstić information content (AvgIpc) is 3.25. The highest BCUT2D eigenvalue weighted by Gasteiger charge is 2.59. The van der Waals surface area contributed by atoms with E-state index in [4.69, 9.17) is 23.2 Å². The molecular weight excluding hydrogens is 448 g/mol. The van der Waals surface area contributed by atoms with Gasteiger partial charge in [-0.3, -0.25) is 0 Å². The zero-order valence-electron chi connectivity index (χ0n) is 14.7. The van der Waals surface area contributed by atoms with Crippen molar-refractivity contribution in [2.75, 3.05) is 18.0 Å². The van der Waals surface area contributed by atoms with Gasteiger partial charge in [0.1, 0.15) is 5.41 Å². The zero-order chi connectivity index (χ0) is 21.0. The fourth-order valence-corrected chi connectivity index (χ4v) is 5.38. The largest absolute Gasteiger partial charge is 0.400 e. The summed E-state index contributed by atoms with van der Waals surface area (Å²) in [6.07, 6.45) is -6.37. The summed E-state index contributed by atoms with van der Waals surface area (Å²) in [6.45, 7) is -0.190. The van der Waals surface area contributed by atoms with Crippen LogP contribution in [0.3, 0.4) is 0 Å². The van der Waals surface area contributed by atoms with Gasteiger partial charge in [-0.25, -0.2) is 4.98 Å². The molecule has 1 unspecified atom stereocenters. The van der Waals surface area contributed by atoms with Gasteiger partial charge in [0.15, 0.2) is 11.4 Å². The third kappa shape index (κ3) is 3.57. The third-order valence-electron chi connectivity index (χ3n) is 5.21. The summed E-state index contributed by atoms with van der Waals surface area (Å²) in [5, 5.41) is 19.8. The van der Waals surface area contributed by atoms with E-state index in [0.29, 0.717) is 15.3 Å². The Labute approximate surface area is 178 Å². The zero-order valence-corrected chi connectivity index (χ0v) is 17.1. The molecule has 4 rings (SSSR count). The summed E-state index contributed by atoms with van der Waals surface area (Å²) in [4.78, 5) is 5.99. The number of aliphatic hydroxyl groups excluding tert-OH is 1. The van der Waals surface area contributed by atoms with E-state index < -0.39 is 17.9 Å². The number of hydrogen-bond donors (Lipinski definition) is 2. The number of fused-ring (bicyclic) bond motifs is 1. The molecule has 154 valence electrons. The first-order valence-electron chi connectivity index (χ1n) is 8.64. The lowest BCUT2D eigenvalue weighted by molar-refractivity contribution is -0.184. The topological polar surface area (TPSA) is 56.6 Å². The molecule has 4 nitrogen and oxygen atoms in total. The summed E-state index contributed by atoms with van der Waals surface area (Å²) in [7, 11) is 0. The van der Waals surface area contributed by atoms with Crippen molar-refractivity contribution in [2.45, 2.75) is 24.3 Å². The minimum absolute atomic E-state index is 0.0255. The van der Waals surface area contributed by atoms with Crippen LogP contribution in [0.15, 0.2) is 36.4 Å². The van der Waals surface area contributed by atoms with Crippen LogP contribution in [0.2, 0.25) is 10.0 Å². The van der Waals surface area contributed by atoms with Gasteiger partial charge in [0.2, 0.25) is 0 Å². The van der Waals surface area contributed by atoms with Gasteiger partial charge >= 0.3 is 6.18 Å². The van der Waals surface area contributed by atoms with Gasteiger partial charge in [-0.15, -0.1) is 0 Å². The number of aliphatic hydroxyl groups is 2. The molecule has 0 saturated carbocycles. The van der Waals surface area contributed by atoms with Crippen LogP contribution < -0.4 is 4.90 Å². The normalized spacial score (nSPS) is 20.2. The quantitative estimate of drug-likeness (QED) is 0.518. The number of benzene rings is 2. The van der Waals surface area contributed by atoms with Gasteiger partial charge in [-0.05, 0) is 36.2 Å². The Morgan fingerprint density at radius 1 is 1.14 bits per heavy atom. The Morgan fingerprint density at radius 3 is 2.45 bits per heavy atom. The Kier molecular flexibility index (Phi) is 5.19. The Morgan fingerprint density at radius 2 is 1.83 bits per heavy atom. The predicted octanol–water partition coefficient (Wildman–Crippen LogP) is 5.30. The molecule has 0 radical (unpaired) electrons. The smallest absolute Gasteiger partial charge is 0.364 e. The molecule has 1 fully saturated rings. The second-order valence-electron chi connectivity index (χ2n) is 6.98. The summed E-state index contributed by atoms with van der Waals surface area (Å²) >= 11 is 13.1. The van der Waals surface area contributed by atoms with Gasteiger partial charge in [-0.2, -0.15) is 13.2 Å². The number of aromatic nitrogens is 1. The fraction of sp³-hybridized carbons (Fsp3) is 0.316. The van der Waals surface area contributed by atoms with Crippen molar-refractivity contribution >= 4 is 49.9 Å². The van der Waals surface area contributed by atoms with Gasteiger partial charge < -0.3 is 15.1 Å². The van der Waals surface area contributed by atoms with Crippen LogP contribution in [0.4, 0.5) is 18.3 Å². The van der Waals surface area contributed by atoms with Gasteiger partial charge in [0, 0.05) is 28.7 Å². The molecule has 1 saturated heterocycles. The number of hydrogen-bond acceptors (Lipinski definition) is 5. The molecule has 0 amide bonds. The van der Waals surface area contributed by atoms with E-state index >= 15 is 0 Å². The molecule has 0 aliphatic carbocycles. The highest BCUT2D eigenvalue weighted by Crippen LogP contribution is 2.50. The molecule has 0 bridgehead atoms. The Hall–Kier alpha value is -1.58. The number of thiazole rings is 1. The molecule has 2 aromatic carbocycles. The average molecular weight is 463 g/mol. The summed E-state index contributed by atoms with van der Waals surface area (Å²) in [5.41, 5.74) is -1.32. The van der Waals surface area contributed by atoms with E-state index in [1.807, 2.05) is 0 Å². The van der Waals surface area contributed by atoms with E-state index in [2.05, 4.69) is 4.98 Å². The van der Waals surface area contributed by atoms with Crippen molar-refractivity contribution in [3.05, 3.63) is 57.6 Å². The first-order chi connectivity index (χ1) is 13.6. The van der Waals surface area contributed by atoms with E-state index in [-0.39, 0.29) is 40.7 Å². The number of anilines is 1. The van der Waals surface area contributed by atoms with Gasteiger partial charge in [0.25, 0.3) is 0 Å². The van der Waals surface area contributed by atoms with Crippen LogP contribution in [0, 0.1) is 0 Å². The molecule has 3 aromatic rings. The Bertz CT molecular complexity index is 1050. The summed E-state index contributed by atoms with van der Waals surface area (Å²) in [5.74, 6) is 0. The number of alkyl halides is 3. The van der Waals surface area contributed by atoms with E-state index in [9.17, 15) is 23.4 Å². The van der Waals surface area contributed by atoms with Gasteiger partial charge in [0.05, 0.1) is 10.2 Å². The minimum Gasteiger partial charge on any atom is -0.364 e. The maximum Gasteiger partial charge on any atom is 0.400 e. The van der Waals surface area contributed by atoms with Crippen LogP contribution in [-0.4, -0.2) is 34.5 Å². The lowest BCUT2D eigenvalue weighted by Gasteiger charge is -2.32. The molecule has 2 heterocycles. The molecule has 1 aliphatic heterocycles. The maximum atomic E-state index is 14.2. The number of halogens is 5. The van der Waals surface area contributed by atoms with Crippen molar-refractivity contribution in [1.82, 2.24) is 4.98 Å². The highest BCUT2D eigenvalue weighted by atomic mass is 35.5. The van der Waals surface area contributed by atoms with Crippen molar-refractivity contribution in [2.24, 2.45) is 0 Å². The SMILES string of the molecule is OC(O)c1cccc2nc(N3CCC(c4cc(Cl)cc(Cl)c4)(C(F)(F)F)C3)sc12. The first kappa shape index (κ1) is 20.7. The summed E-state index contributed by atoms with van der Waals surface area (Å²) < 4.78 is 43.2. The molecule has 1 aromatic heterocycles. The lowest BCUT2D eigenvalue weighted by atomic mass is 9.79. The molecule has 10 heteroatoms. The molecule has 2 N–H and O–H groups in total. The van der Waals surface area contributed by atoms with E-state index in [0.717, 1.165) is 11.3 Å². The minimum atomic E-state index is -4.51. The predicted molar refractivity (Wildman–Crippen MR) is 108 cm³/mol. The van der Waals surface area contributed by atoms with Crippen molar-refractivity contribution in [1.29, 1.82) is 0 Å². The van der Waals surface area contributed by atoms with E-state index in [1.165, 1.54) is 18.2 Å².